The fraction of sp³-hybridized carbons (Fsp3) is 0.500. The van der Waals surface area contributed by atoms with Gasteiger partial charge in [-0.1, -0.05) is 25.5 Å². The van der Waals surface area contributed by atoms with Crippen LogP contribution >= 0.6 is 24.0 Å². The molecule has 7 nitrogen and oxygen atoms in total. The number of guanidine groups is 1. The number of unbranched alkanes of at least 4 members (excludes halogenated alkanes) is 1. The lowest BCUT2D eigenvalue weighted by Crippen LogP contribution is -2.38. The number of hydrogen-bond donors (Lipinski definition) is 2. The first-order valence-electron chi connectivity index (χ1n) is 8.72. The smallest absolute Gasteiger partial charge is 0.191 e. The normalized spacial score (nSPS) is 11.0. The highest BCUT2D eigenvalue weighted by Crippen LogP contribution is 2.12. The fourth-order valence-electron chi connectivity index (χ4n) is 2.28. The molecular formula is C18H29IN6O. The monoisotopic (exact) mass is 472 g/mol. The van der Waals surface area contributed by atoms with Gasteiger partial charge in [0.15, 0.2) is 5.96 Å². The minimum atomic E-state index is 0. The number of aromatic nitrogens is 3. The summed E-state index contributed by atoms with van der Waals surface area (Å²) in [6.07, 6.45) is 4.70. The van der Waals surface area contributed by atoms with Gasteiger partial charge in [-0.15, -0.1) is 24.0 Å². The van der Waals surface area contributed by atoms with Gasteiger partial charge in [0, 0.05) is 20.6 Å². The van der Waals surface area contributed by atoms with Gasteiger partial charge in [-0.05, 0) is 30.5 Å². The van der Waals surface area contributed by atoms with E-state index in [-0.39, 0.29) is 24.0 Å². The molecule has 8 heteroatoms. The van der Waals surface area contributed by atoms with E-state index in [4.69, 9.17) is 4.74 Å². The van der Waals surface area contributed by atoms with Crippen molar-refractivity contribution < 1.29 is 4.74 Å². The predicted molar refractivity (Wildman–Crippen MR) is 115 cm³/mol. The molecule has 0 unspecified atom stereocenters. The summed E-state index contributed by atoms with van der Waals surface area (Å²) >= 11 is 0. The van der Waals surface area contributed by atoms with Crippen LogP contribution in [0.5, 0.6) is 5.75 Å². The number of nitrogens with zero attached hydrogens (tertiary/aromatic N) is 4. The first-order chi connectivity index (χ1) is 12.2. The summed E-state index contributed by atoms with van der Waals surface area (Å²) < 4.78 is 7.42. The van der Waals surface area contributed by atoms with Gasteiger partial charge in [-0.25, -0.2) is 4.98 Å². The maximum Gasteiger partial charge on any atom is 0.191 e. The van der Waals surface area contributed by atoms with E-state index in [0.29, 0.717) is 6.54 Å². The molecule has 1 heterocycles. The van der Waals surface area contributed by atoms with Crippen molar-refractivity contribution in [3.05, 3.63) is 42.0 Å². The maximum atomic E-state index is 5.68. The molecule has 0 bridgehead atoms. The van der Waals surface area contributed by atoms with E-state index >= 15 is 0 Å². The van der Waals surface area contributed by atoms with Crippen LogP contribution in [0.2, 0.25) is 0 Å². The number of benzene rings is 1. The van der Waals surface area contributed by atoms with Crippen LogP contribution in [0.4, 0.5) is 0 Å². The first-order valence-corrected chi connectivity index (χ1v) is 8.72. The Morgan fingerprint density at radius 3 is 2.62 bits per heavy atom. The largest absolute Gasteiger partial charge is 0.494 e. The van der Waals surface area contributed by atoms with E-state index in [1.54, 1.807) is 18.1 Å². The summed E-state index contributed by atoms with van der Waals surface area (Å²) in [5.41, 5.74) is 1.26. The molecule has 0 aliphatic heterocycles. The zero-order chi connectivity index (χ0) is 17.9. The quantitative estimate of drug-likeness (QED) is 0.254. The third-order valence-corrected chi connectivity index (χ3v) is 3.84. The maximum absolute atomic E-state index is 5.68. The standard InChI is InChI=1S/C18H28N6O.HI/c1-4-5-12-25-16-8-6-15(7-9-16)10-11-20-18(19-2)21-13-17-22-14-23-24(17)3;/h6-9,14H,4-5,10-13H2,1-3H3,(H2,19,20,21);1H. The molecule has 0 fully saturated rings. The van der Waals surface area contributed by atoms with Crippen molar-refractivity contribution >= 4 is 29.9 Å². The van der Waals surface area contributed by atoms with Gasteiger partial charge in [-0.3, -0.25) is 9.67 Å². The van der Waals surface area contributed by atoms with E-state index in [2.05, 4.69) is 44.8 Å². The minimum Gasteiger partial charge on any atom is -0.494 e. The number of aryl methyl sites for hydroxylation is 1. The molecule has 0 amide bonds. The van der Waals surface area contributed by atoms with Gasteiger partial charge < -0.3 is 15.4 Å². The number of nitrogens with one attached hydrogen (secondary N) is 2. The average molecular weight is 472 g/mol. The second-order valence-electron chi connectivity index (χ2n) is 5.75. The molecule has 0 saturated carbocycles. The Balaban J connectivity index is 0.00000338. The second-order valence-corrected chi connectivity index (χ2v) is 5.75. The SMILES string of the molecule is CCCCOc1ccc(CCNC(=NC)NCc2ncnn2C)cc1.I. The van der Waals surface area contributed by atoms with Crippen molar-refractivity contribution in [3.8, 4) is 5.75 Å². The zero-order valence-corrected chi connectivity index (χ0v) is 18.1. The topological polar surface area (TPSA) is 76.4 Å². The summed E-state index contributed by atoms with van der Waals surface area (Å²) in [5.74, 6) is 2.55. The predicted octanol–water partition coefficient (Wildman–Crippen LogP) is 2.52. The molecule has 0 aliphatic carbocycles. The lowest BCUT2D eigenvalue weighted by atomic mass is 10.1. The van der Waals surface area contributed by atoms with Gasteiger partial charge in [0.2, 0.25) is 0 Å². The molecule has 0 radical (unpaired) electrons. The minimum absolute atomic E-state index is 0. The van der Waals surface area contributed by atoms with Crippen LogP contribution in [0.15, 0.2) is 35.6 Å². The Kier molecular flexibility index (Phi) is 10.7. The fourth-order valence-corrected chi connectivity index (χ4v) is 2.28. The van der Waals surface area contributed by atoms with E-state index in [9.17, 15) is 0 Å². The Morgan fingerprint density at radius 1 is 1.23 bits per heavy atom. The molecule has 26 heavy (non-hydrogen) atoms. The number of hydrogen-bond acceptors (Lipinski definition) is 4. The van der Waals surface area contributed by atoms with Crippen molar-refractivity contribution in [3.63, 3.8) is 0 Å². The van der Waals surface area contributed by atoms with Gasteiger partial charge in [0.25, 0.3) is 0 Å². The lowest BCUT2D eigenvalue weighted by Gasteiger charge is -2.12. The Morgan fingerprint density at radius 2 is 2.00 bits per heavy atom. The number of ether oxygens (including phenoxy) is 1. The van der Waals surface area contributed by atoms with Crippen LogP contribution in [-0.4, -0.2) is 40.9 Å². The van der Waals surface area contributed by atoms with Gasteiger partial charge in [-0.2, -0.15) is 5.10 Å². The molecule has 2 rings (SSSR count). The van der Waals surface area contributed by atoms with Gasteiger partial charge >= 0.3 is 0 Å². The number of rotatable bonds is 9. The zero-order valence-electron chi connectivity index (χ0n) is 15.7. The highest BCUT2D eigenvalue weighted by Gasteiger charge is 2.03. The van der Waals surface area contributed by atoms with Crippen LogP contribution in [-0.2, 0) is 20.0 Å². The van der Waals surface area contributed by atoms with Gasteiger partial charge in [0.1, 0.15) is 17.9 Å². The van der Waals surface area contributed by atoms with Crippen molar-refractivity contribution in [2.75, 3.05) is 20.2 Å². The van der Waals surface area contributed by atoms with E-state index < -0.39 is 0 Å². The molecule has 0 aliphatic rings. The highest BCUT2D eigenvalue weighted by molar-refractivity contribution is 14.0. The van der Waals surface area contributed by atoms with Crippen molar-refractivity contribution in [2.24, 2.45) is 12.0 Å². The van der Waals surface area contributed by atoms with E-state index in [0.717, 1.165) is 49.9 Å². The average Bonchev–Trinajstić information content (AvgIpc) is 3.04. The summed E-state index contributed by atoms with van der Waals surface area (Å²) in [6, 6.07) is 8.29. The molecule has 2 N–H and O–H groups in total. The summed E-state index contributed by atoms with van der Waals surface area (Å²) in [4.78, 5) is 8.40. The van der Waals surface area contributed by atoms with Gasteiger partial charge in [0.05, 0.1) is 13.2 Å². The van der Waals surface area contributed by atoms with Crippen molar-refractivity contribution in [2.45, 2.75) is 32.7 Å². The van der Waals surface area contributed by atoms with Crippen molar-refractivity contribution in [1.29, 1.82) is 0 Å². The molecule has 0 atom stereocenters. The summed E-state index contributed by atoms with van der Waals surface area (Å²) in [5, 5.41) is 10.6. The highest BCUT2D eigenvalue weighted by atomic mass is 127. The first kappa shape index (κ1) is 22.2. The number of halogens is 1. The van der Waals surface area contributed by atoms with Crippen LogP contribution in [0.1, 0.15) is 31.2 Å². The Hall–Kier alpha value is -1.84. The molecule has 1 aromatic heterocycles. The summed E-state index contributed by atoms with van der Waals surface area (Å²) in [7, 11) is 3.63. The molecule has 2 aromatic rings. The van der Waals surface area contributed by atoms with Crippen LogP contribution in [0.25, 0.3) is 0 Å². The number of aliphatic imine (C=N–C) groups is 1. The van der Waals surface area contributed by atoms with Crippen molar-refractivity contribution in [1.82, 2.24) is 25.4 Å². The van der Waals surface area contributed by atoms with E-state index in [1.807, 2.05) is 19.2 Å². The van der Waals surface area contributed by atoms with E-state index in [1.165, 1.54) is 5.56 Å². The summed E-state index contributed by atoms with van der Waals surface area (Å²) in [6.45, 7) is 4.33. The lowest BCUT2D eigenvalue weighted by molar-refractivity contribution is 0.309. The van der Waals surface area contributed by atoms with Crippen LogP contribution < -0.4 is 15.4 Å². The molecule has 0 saturated heterocycles. The third-order valence-electron chi connectivity index (χ3n) is 3.84. The molecule has 144 valence electrons. The van der Waals surface area contributed by atoms with Crippen LogP contribution in [0, 0.1) is 0 Å². The Labute approximate surface area is 172 Å². The third kappa shape index (κ3) is 7.59. The molecule has 1 aromatic carbocycles. The Bertz CT molecular complexity index is 656. The second kappa shape index (κ2) is 12.5. The molecular weight excluding hydrogens is 443 g/mol. The molecule has 0 spiro atoms. The van der Waals surface area contributed by atoms with Crippen LogP contribution in [0.3, 0.4) is 0 Å².